The molecule has 2 aliphatic rings. The predicted octanol–water partition coefficient (Wildman–Crippen LogP) is 1.33. The van der Waals surface area contributed by atoms with Crippen LogP contribution in [-0.2, 0) is 80.9 Å². The maximum absolute atomic E-state index is 12.6. The lowest BCUT2D eigenvalue weighted by molar-refractivity contribution is -0.354. The maximum atomic E-state index is 12.6. The Hall–Kier alpha value is -5.07. The third kappa shape index (κ3) is 12.0. The summed E-state index contributed by atoms with van der Waals surface area (Å²) in [5.74, 6) is -5.64. The van der Waals surface area contributed by atoms with E-state index >= 15 is 0 Å². The molecular weight excluding hydrogens is 696 g/mol. The van der Waals surface area contributed by atoms with Gasteiger partial charge in [-0.25, -0.2) is 0 Å². The minimum atomic E-state index is -1.80. The highest BCUT2D eigenvalue weighted by Crippen LogP contribution is 2.36. The molecule has 1 aromatic rings. The minimum Gasteiger partial charge on any atom is -0.463 e. The van der Waals surface area contributed by atoms with Gasteiger partial charge in [0.15, 0.2) is 30.7 Å². The summed E-state index contributed by atoms with van der Waals surface area (Å²) < 4.78 is 62.5. The average molecular weight is 739 g/mol. The molecule has 3 rings (SSSR count). The standard InChI is InChI=1S/C34H42O18/c1-9-23-10-12-24(13-11-23)49-33-31(47-21(7)40)30(46-20(6)39)28(26(50-33)15-43-17(3)36)52-34-32(48-22(8)41)29(45-19(5)38)27(44-18(4)37)25(51-34)14-42-16(2)35/h9-13,25-34H,1,14-15H2,2-8H3/t25-,26+,27+,28-,29+,30-,31-,32+,33+,34+/m0/s1. The molecule has 2 aliphatic heterocycles. The molecule has 10 atom stereocenters. The van der Waals surface area contributed by atoms with Gasteiger partial charge in [0.05, 0.1) is 0 Å². The molecule has 52 heavy (non-hydrogen) atoms. The minimum absolute atomic E-state index is 0.236. The van der Waals surface area contributed by atoms with Crippen LogP contribution in [0.2, 0.25) is 0 Å². The fourth-order valence-electron chi connectivity index (χ4n) is 5.38. The highest BCUT2D eigenvalue weighted by molar-refractivity contribution is 5.69. The Morgan fingerprint density at radius 1 is 0.538 bits per heavy atom. The second kappa shape index (κ2) is 19.0. The summed E-state index contributed by atoms with van der Waals surface area (Å²) in [6.07, 6.45) is -14.0. The fraction of sp³-hybridized carbons (Fsp3) is 0.559. The average Bonchev–Trinajstić information content (AvgIpc) is 3.03. The third-order valence-corrected chi connectivity index (χ3v) is 7.25. The van der Waals surface area contributed by atoms with Crippen molar-refractivity contribution in [3.05, 3.63) is 36.4 Å². The molecule has 1 aromatic carbocycles. The molecule has 0 radical (unpaired) electrons. The normalized spacial score (nSPS) is 28.2. The van der Waals surface area contributed by atoms with Crippen molar-refractivity contribution in [2.24, 2.45) is 0 Å². The van der Waals surface area contributed by atoms with Gasteiger partial charge in [-0.05, 0) is 17.7 Å². The van der Waals surface area contributed by atoms with E-state index in [0.717, 1.165) is 54.0 Å². The third-order valence-electron chi connectivity index (χ3n) is 7.25. The van der Waals surface area contributed by atoms with Crippen LogP contribution in [0.5, 0.6) is 5.75 Å². The molecule has 2 heterocycles. The Bertz CT molecular complexity index is 1470. The van der Waals surface area contributed by atoms with E-state index in [1.165, 1.54) is 0 Å². The maximum Gasteiger partial charge on any atom is 0.303 e. The van der Waals surface area contributed by atoms with Crippen molar-refractivity contribution in [1.29, 1.82) is 0 Å². The van der Waals surface area contributed by atoms with Crippen LogP contribution in [0, 0.1) is 0 Å². The first-order chi connectivity index (χ1) is 24.5. The molecule has 0 bridgehead atoms. The van der Waals surface area contributed by atoms with Crippen LogP contribution in [0.1, 0.15) is 54.0 Å². The fourth-order valence-corrected chi connectivity index (χ4v) is 5.38. The second-order valence-corrected chi connectivity index (χ2v) is 11.6. The van der Waals surface area contributed by atoms with Crippen LogP contribution in [0.3, 0.4) is 0 Å². The molecule has 0 amide bonds. The topological polar surface area (TPSA) is 221 Å². The van der Waals surface area contributed by atoms with Crippen molar-refractivity contribution >= 4 is 47.9 Å². The molecular formula is C34H42O18. The smallest absolute Gasteiger partial charge is 0.303 e. The second-order valence-electron chi connectivity index (χ2n) is 11.6. The molecule has 18 nitrogen and oxygen atoms in total. The molecule has 18 heteroatoms. The number of carbonyl (C=O) groups excluding carboxylic acids is 7. The van der Waals surface area contributed by atoms with Crippen LogP contribution in [0.25, 0.3) is 6.08 Å². The van der Waals surface area contributed by atoms with Gasteiger partial charge in [0.1, 0.15) is 37.3 Å². The van der Waals surface area contributed by atoms with Gasteiger partial charge in [-0.1, -0.05) is 24.8 Å². The van der Waals surface area contributed by atoms with Gasteiger partial charge >= 0.3 is 41.8 Å². The van der Waals surface area contributed by atoms with Gasteiger partial charge in [0.2, 0.25) is 12.4 Å². The quantitative estimate of drug-likeness (QED) is 0.194. The Morgan fingerprint density at radius 2 is 0.923 bits per heavy atom. The summed E-state index contributed by atoms with van der Waals surface area (Å²) >= 11 is 0. The lowest BCUT2D eigenvalue weighted by atomic mass is 9.96. The Morgan fingerprint density at radius 3 is 1.37 bits per heavy atom. The van der Waals surface area contributed by atoms with E-state index < -0.39 is 116 Å². The van der Waals surface area contributed by atoms with Crippen molar-refractivity contribution in [2.75, 3.05) is 13.2 Å². The molecule has 0 aromatic heterocycles. The molecule has 0 spiro atoms. The van der Waals surface area contributed by atoms with Crippen molar-refractivity contribution in [2.45, 2.75) is 110 Å². The van der Waals surface area contributed by atoms with Gasteiger partial charge in [0, 0.05) is 48.5 Å². The summed E-state index contributed by atoms with van der Waals surface area (Å²) in [5.41, 5.74) is 0.761. The Balaban J connectivity index is 2.16. The first-order valence-corrected chi connectivity index (χ1v) is 16.0. The van der Waals surface area contributed by atoms with Gasteiger partial charge < -0.3 is 52.1 Å². The van der Waals surface area contributed by atoms with E-state index in [1.54, 1.807) is 30.3 Å². The van der Waals surface area contributed by atoms with Gasteiger partial charge in [0.25, 0.3) is 0 Å². The molecule has 0 saturated carbocycles. The number of hydrogen-bond acceptors (Lipinski definition) is 18. The van der Waals surface area contributed by atoms with Crippen LogP contribution in [0.15, 0.2) is 30.8 Å². The Labute approximate surface area is 298 Å². The molecule has 0 unspecified atom stereocenters. The van der Waals surface area contributed by atoms with E-state index in [9.17, 15) is 33.6 Å². The number of benzene rings is 1. The number of ether oxygens (including phenoxy) is 11. The zero-order valence-corrected chi connectivity index (χ0v) is 29.6. The zero-order valence-electron chi connectivity index (χ0n) is 29.6. The summed E-state index contributed by atoms with van der Waals surface area (Å²) in [6, 6.07) is 6.52. The lowest BCUT2D eigenvalue weighted by Crippen LogP contribution is -2.67. The van der Waals surface area contributed by atoms with Crippen LogP contribution in [-0.4, -0.2) is 116 Å². The SMILES string of the molecule is C=Cc1ccc(O[C@@H]2O[C@H](COC(C)=O)[C@H](O[C@H]3O[C@@H](COC(C)=O)[C@@H](OC(C)=O)[C@@H](OC(C)=O)[C@H]3OC(C)=O)[C@H](OC(C)=O)[C@@H]2OC(C)=O)cc1. The number of rotatable bonds is 14. The highest BCUT2D eigenvalue weighted by Gasteiger charge is 2.58. The number of hydrogen-bond donors (Lipinski definition) is 0. The van der Waals surface area contributed by atoms with E-state index in [-0.39, 0.29) is 5.75 Å². The van der Waals surface area contributed by atoms with Gasteiger partial charge in [-0.3, -0.25) is 33.6 Å². The molecule has 2 fully saturated rings. The van der Waals surface area contributed by atoms with Gasteiger partial charge in [-0.15, -0.1) is 0 Å². The van der Waals surface area contributed by atoms with Gasteiger partial charge in [-0.2, -0.15) is 0 Å². The largest absolute Gasteiger partial charge is 0.463 e. The molecule has 286 valence electrons. The number of carbonyl (C=O) groups is 7. The molecule has 0 N–H and O–H groups in total. The first-order valence-electron chi connectivity index (χ1n) is 16.0. The number of esters is 7. The summed E-state index contributed by atoms with van der Waals surface area (Å²) in [5, 5.41) is 0. The summed E-state index contributed by atoms with van der Waals surface area (Å²) in [6.45, 7) is 10.1. The lowest BCUT2D eigenvalue weighted by Gasteiger charge is -2.48. The van der Waals surface area contributed by atoms with E-state index in [2.05, 4.69) is 6.58 Å². The summed E-state index contributed by atoms with van der Waals surface area (Å²) in [4.78, 5) is 85.6. The summed E-state index contributed by atoms with van der Waals surface area (Å²) in [7, 11) is 0. The van der Waals surface area contributed by atoms with Crippen molar-refractivity contribution in [3.8, 4) is 5.75 Å². The van der Waals surface area contributed by atoms with Crippen LogP contribution >= 0.6 is 0 Å². The van der Waals surface area contributed by atoms with E-state index in [4.69, 9.17) is 52.1 Å². The molecule has 0 aliphatic carbocycles. The molecule has 2 saturated heterocycles. The Kier molecular flexibility index (Phi) is 15.1. The predicted molar refractivity (Wildman–Crippen MR) is 170 cm³/mol. The van der Waals surface area contributed by atoms with Crippen molar-refractivity contribution in [1.82, 2.24) is 0 Å². The van der Waals surface area contributed by atoms with Crippen molar-refractivity contribution < 1.29 is 85.7 Å². The zero-order chi connectivity index (χ0) is 38.7. The van der Waals surface area contributed by atoms with E-state index in [0.29, 0.717) is 0 Å². The van der Waals surface area contributed by atoms with Crippen molar-refractivity contribution in [3.63, 3.8) is 0 Å². The van der Waals surface area contributed by atoms with Crippen LogP contribution in [0.4, 0.5) is 0 Å². The van der Waals surface area contributed by atoms with E-state index in [1.807, 2.05) is 0 Å². The monoisotopic (exact) mass is 738 g/mol. The van der Waals surface area contributed by atoms with Crippen LogP contribution < -0.4 is 4.74 Å². The first kappa shape index (κ1) is 41.4. The highest BCUT2D eigenvalue weighted by atomic mass is 16.8.